The van der Waals surface area contributed by atoms with E-state index in [0.29, 0.717) is 6.04 Å². The highest BCUT2D eigenvalue weighted by Crippen LogP contribution is 2.37. The van der Waals surface area contributed by atoms with Gasteiger partial charge in [-0.1, -0.05) is 79.9 Å². The molecule has 0 saturated heterocycles. The lowest BCUT2D eigenvalue weighted by Gasteiger charge is -2.39. The third-order valence-electron chi connectivity index (χ3n) is 5.17. The summed E-state index contributed by atoms with van der Waals surface area (Å²) in [5.74, 6) is 0. The molecule has 0 aliphatic heterocycles. The Bertz CT molecular complexity index is 577. The van der Waals surface area contributed by atoms with Crippen molar-refractivity contribution in [2.75, 3.05) is 7.05 Å². The van der Waals surface area contributed by atoms with Crippen molar-refractivity contribution in [2.24, 2.45) is 0 Å². The average molecular weight is 309 g/mol. The maximum absolute atomic E-state index is 11.1. The van der Waals surface area contributed by atoms with Crippen molar-refractivity contribution in [3.05, 3.63) is 71.8 Å². The molecule has 1 N–H and O–H groups in total. The number of aliphatic hydroxyl groups excluding tert-OH is 1. The third-order valence-corrected chi connectivity index (χ3v) is 5.17. The lowest BCUT2D eigenvalue weighted by Crippen LogP contribution is -2.39. The fraction of sp³-hybridized carbons (Fsp3) is 0.429. The molecule has 2 atom stereocenters. The van der Waals surface area contributed by atoms with Gasteiger partial charge in [-0.2, -0.15) is 0 Å². The first kappa shape index (κ1) is 16.2. The summed E-state index contributed by atoms with van der Waals surface area (Å²) in [6, 6.07) is 21.0. The molecule has 1 saturated carbocycles. The standard InChI is InChI=1S/C21H27NO/c1-22(19-15-9-4-10-16-19)20(17-11-5-2-6-12-17)21(23)18-13-7-3-8-14-18/h2-3,5-8,11-14,19-21,23H,4,9-10,15-16H2,1H3/t20-,21+/m0/s1. The molecular formula is C21H27NO. The summed E-state index contributed by atoms with van der Waals surface area (Å²) in [7, 11) is 2.18. The Hall–Kier alpha value is -1.64. The summed E-state index contributed by atoms with van der Waals surface area (Å²) < 4.78 is 0. The van der Waals surface area contributed by atoms with E-state index < -0.39 is 6.10 Å². The van der Waals surface area contributed by atoms with Gasteiger partial charge in [0.15, 0.2) is 0 Å². The largest absolute Gasteiger partial charge is 0.386 e. The number of likely N-dealkylation sites (N-methyl/N-ethyl adjacent to an activating group) is 1. The number of rotatable bonds is 5. The second-order valence-corrected chi connectivity index (χ2v) is 6.67. The monoisotopic (exact) mass is 309 g/mol. The molecule has 0 radical (unpaired) electrons. The van der Waals surface area contributed by atoms with Crippen molar-refractivity contribution in [3.8, 4) is 0 Å². The zero-order valence-electron chi connectivity index (χ0n) is 13.9. The van der Waals surface area contributed by atoms with Gasteiger partial charge in [0.2, 0.25) is 0 Å². The maximum Gasteiger partial charge on any atom is 0.0986 e. The molecule has 0 amide bonds. The van der Waals surface area contributed by atoms with Gasteiger partial charge in [0.1, 0.15) is 0 Å². The Kier molecular flexibility index (Phi) is 5.47. The Morgan fingerprint density at radius 2 is 1.35 bits per heavy atom. The molecule has 1 aliphatic rings. The molecule has 0 unspecified atom stereocenters. The highest BCUT2D eigenvalue weighted by Gasteiger charge is 2.31. The minimum Gasteiger partial charge on any atom is -0.386 e. The van der Waals surface area contributed by atoms with Gasteiger partial charge in [0, 0.05) is 6.04 Å². The third kappa shape index (κ3) is 3.82. The molecule has 3 rings (SSSR count). The summed E-state index contributed by atoms with van der Waals surface area (Å²) >= 11 is 0. The lowest BCUT2D eigenvalue weighted by molar-refractivity contribution is 0.0282. The van der Waals surface area contributed by atoms with E-state index >= 15 is 0 Å². The van der Waals surface area contributed by atoms with Crippen LogP contribution in [0.25, 0.3) is 0 Å². The predicted molar refractivity (Wildman–Crippen MR) is 95.2 cm³/mol. The normalized spacial score (nSPS) is 18.7. The lowest BCUT2D eigenvalue weighted by atomic mass is 9.89. The van der Waals surface area contributed by atoms with Crippen LogP contribution < -0.4 is 0 Å². The first-order valence-electron chi connectivity index (χ1n) is 8.77. The van der Waals surface area contributed by atoms with Gasteiger partial charge < -0.3 is 5.11 Å². The molecule has 2 nitrogen and oxygen atoms in total. The van der Waals surface area contributed by atoms with Gasteiger partial charge in [0.05, 0.1) is 12.1 Å². The van der Waals surface area contributed by atoms with Crippen LogP contribution in [0, 0.1) is 0 Å². The summed E-state index contributed by atoms with van der Waals surface area (Å²) in [6.07, 6.45) is 5.92. The number of hydrogen-bond donors (Lipinski definition) is 1. The second kappa shape index (κ2) is 7.76. The molecule has 2 heteroatoms. The molecule has 1 fully saturated rings. The van der Waals surface area contributed by atoms with Crippen molar-refractivity contribution >= 4 is 0 Å². The van der Waals surface area contributed by atoms with E-state index in [-0.39, 0.29) is 6.04 Å². The van der Waals surface area contributed by atoms with Gasteiger partial charge in [0.25, 0.3) is 0 Å². The van der Waals surface area contributed by atoms with Crippen molar-refractivity contribution in [1.29, 1.82) is 0 Å². The van der Waals surface area contributed by atoms with E-state index in [1.807, 2.05) is 36.4 Å². The quantitative estimate of drug-likeness (QED) is 0.863. The Balaban J connectivity index is 1.90. The maximum atomic E-state index is 11.1. The van der Waals surface area contributed by atoms with E-state index in [2.05, 4.69) is 36.2 Å². The fourth-order valence-electron chi connectivity index (χ4n) is 3.84. The minimum absolute atomic E-state index is 0.00157. The smallest absolute Gasteiger partial charge is 0.0986 e. The minimum atomic E-state index is -0.509. The van der Waals surface area contributed by atoms with Crippen molar-refractivity contribution in [1.82, 2.24) is 4.90 Å². The first-order valence-corrected chi connectivity index (χ1v) is 8.77. The molecule has 2 aromatic rings. The SMILES string of the molecule is CN(C1CCCCC1)[C@@H](c1ccccc1)[C@H](O)c1ccccc1. The summed E-state index contributed by atoms with van der Waals surface area (Å²) in [4.78, 5) is 2.41. The van der Waals surface area contributed by atoms with Crippen LogP contribution in [0.15, 0.2) is 60.7 Å². The van der Waals surface area contributed by atoms with Crippen LogP contribution in [0.4, 0.5) is 0 Å². The van der Waals surface area contributed by atoms with E-state index in [1.165, 1.54) is 37.7 Å². The Labute approximate surface area is 139 Å². The summed E-state index contributed by atoms with van der Waals surface area (Å²) in [6.45, 7) is 0. The van der Waals surface area contributed by atoms with Crippen LogP contribution in [0.5, 0.6) is 0 Å². The van der Waals surface area contributed by atoms with Crippen LogP contribution in [0.3, 0.4) is 0 Å². The van der Waals surface area contributed by atoms with Gasteiger partial charge in [-0.25, -0.2) is 0 Å². The van der Waals surface area contributed by atoms with Gasteiger partial charge >= 0.3 is 0 Å². The zero-order chi connectivity index (χ0) is 16.1. The number of aliphatic hydroxyl groups is 1. The van der Waals surface area contributed by atoms with E-state index in [9.17, 15) is 5.11 Å². The van der Waals surface area contributed by atoms with E-state index in [1.54, 1.807) is 0 Å². The Morgan fingerprint density at radius 1 is 0.826 bits per heavy atom. The molecule has 1 aliphatic carbocycles. The highest BCUT2D eigenvalue weighted by atomic mass is 16.3. The van der Waals surface area contributed by atoms with Crippen molar-refractivity contribution < 1.29 is 5.11 Å². The molecule has 2 aromatic carbocycles. The van der Waals surface area contributed by atoms with Gasteiger partial charge in [-0.3, -0.25) is 4.90 Å². The van der Waals surface area contributed by atoms with Crippen molar-refractivity contribution in [2.45, 2.75) is 50.3 Å². The fourth-order valence-corrected chi connectivity index (χ4v) is 3.84. The molecule has 122 valence electrons. The van der Waals surface area contributed by atoms with Gasteiger partial charge in [-0.15, -0.1) is 0 Å². The topological polar surface area (TPSA) is 23.5 Å². The van der Waals surface area contributed by atoms with E-state index in [4.69, 9.17) is 0 Å². The zero-order valence-corrected chi connectivity index (χ0v) is 13.9. The molecule has 0 bridgehead atoms. The van der Waals surface area contributed by atoms with Crippen LogP contribution in [0.1, 0.15) is 55.4 Å². The molecule has 0 spiro atoms. The Morgan fingerprint density at radius 3 is 1.91 bits per heavy atom. The summed E-state index contributed by atoms with van der Waals surface area (Å²) in [5.41, 5.74) is 2.18. The predicted octanol–water partition coefficient (Wildman–Crippen LogP) is 4.73. The van der Waals surface area contributed by atoms with Crippen LogP contribution in [-0.2, 0) is 0 Å². The van der Waals surface area contributed by atoms with Gasteiger partial charge in [-0.05, 0) is 31.0 Å². The van der Waals surface area contributed by atoms with Crippen LogP contribution >= 0.6 is 0 Å². The summed E-state index contributed by atoms with van der Waals surface area (Å²) in [5, 5.41) is 11.1. The number of nitrogens with zero attached hydrogens (tertiary/aromatic N) is 1. The molecule has 0 heterocycles. The average Bonchev–Trinajstić information content (AvgIpc) is 2.64. The first-order chi connectivity index (χ1) is 11.3. The molecular weight excluding hydrogens is 282 g/mol. The number of hydrogen-bond acceptors (Lipinski definition) is 2. The number of benzene rings is 2. The molecule has 0 aromatic heterocycles. The molecule has 23 heavy (non-hydrogen) atoms. The second-order valence-electron chi connectivity index (χ2n) is 6.67. The highest BCUT2D eigenvalue weighted by molar-refractivity contribution is 5.26. The van der Waals surface area contributed by atoms with Crippen molar-refractivity contribution in [3.63, 3.8) is 0 Å². The van der Waals surface area contributed by atoms with Crippen LogP contribution in [-0.4, -0.2) is 23.1 Å². The van der Waals surface area contributed by atoms with E-state index in [0.717, 1.165) is 5.56 Å². The van der Waals surface area contributed by atoms with Crippen LogP contribution in [0.2, 0.25) is 0 Å².